The Kier molecular flexibility index (Phi) is 2.61. The van der Waals surface area contributed by atoms with Gasteiger partial charge in [0, 0.05) is 31.7 Å². The van der Waals surface area contributed by atoms with Crippen LogP contribution in [0, 0.1) is 5.92 Å². The second kappa shape index (κ2) is 3.58. The summed E-state index contributed by atoms with van der Waals surface area (Å²) in [6.45, 7) is 12.1. The molecule has 2 nitrogen and oxygen atoms in total. The highest BCUT2D eigenvalue weighted by molar-refractivity contribution is 4.99. The third-order valence-corrected chi connectivity index (χ3v) is 3.47. The maximum atomic E-state index is 2.70. The van der Waals surface area contributed by atoms with Gasteiger partial charge in [-0.15, -0.1) is 0 Å². The Labute approximate surface area is 81.9 Å². The molecule has 2 heteroatoms. The molecular weight excluding hydrogens is 160 g/mol. The van der Waals surface area contributed by atoms with Gasteiger partial charge in [-0.1, -0.05) is 20.8 Å². The Morgan fingerprint density at radius 1 is 1.15 bits per heavy atom. The summed E-state index contributed by atoms with van der Waals surface area (Å²) in [5.74, 6) is 0.828. The van der Waals surface area contributed by atoms with Crippen LogP contribution in [0.2, 0.25) is 0 Å². The Morgan fingerprint density at radius 3 is 2.23 bits per heavy atom. The molecule has 0 radical (unpaired) electrons. The SMILES string of the molecule is CCN1C[C@@H]2C[C@H]1CN2CC(C)C. The second-order valence-corrected chi connectivity index (χ2v) is 4.98. The summed E-state index contributed by atoms with van der Waals surface area (Å²) in [6, 6.07) is 1.76. The van der Waals surface area contributed by atoms with E-state index in [0.29, 0.717) is 0 Å². The number of piperazine rings is 1. The molecule has 13 heavy (non-hydrogen) atoms. The van der Waals surface area contributed by atoms with E-state index in [0.717, 1.165) is 18.0 Å². The summed E-state index contributed by atoms with van der Waals surface area (Å²) in [5, 5.41) is 0. The monoisotopic (exact) mass is 182 g/mol. The van der Waals surface area contributed by atoms with Crippen LogP contribution >= 0.6 is 0 Å². The molecule has 0 aliphatic carbocycles. The summed E-state index contributed by atoms with van der Waals surface area (Å²) in [4.78, 5) is 5.34. The fraction of sp³-hybridized carbons (Fsp3) is 1.00. The van der Waals surface area contributed by atoms with Crippen LogP contribution in [0.25, 0.3) is 0 Å². The fourth-order valence-corrected chi connectivity index (χ4v) is 2.91. The maximum Gasteiger partial charge on any atom is 0.0239 e. The van der Waals surface area contributed by atoms with Crippen LogP contribution < -0.4 is 0 Å². The summed E-state index contributed by atoms with van der Waals surface area (Å²) in [5.41, 5.74) is 0. The van der Waals surface area contributed by atoms with Crippen LogP contribution in [0.5, 0.6) is 0 Å². The van der Waals surface area contributed by atoms with Gasteiger partial charge < -0.3 is 0 Å². The molecule has 0 amide bonds. The van der Waals surface area contributed by atoms with Gasteiger partial charge in [-0.2, -0.15) is 0 Å². The molecule has 0 spiro atoms. The number of hydrogen-bond donors (Lipinski definition) is 0. The van der Waals surface area contributed by atoms with Gasteiger partial charge in [-0.25, -0.2) is 0 Å². The normalized spacial score (nSPS) is 35.1. The zero-order valence-electron chi connectivity index (χ0n) is 9.16. The van der Waals surface area contributed by atoms with Crippen LogP contribution in [0.1, 0.15) is 27.2 Å². The second-order valence-electron chi connectivity index (χ2n) is 4.98. The van der Waals surface area contributed by atoms with E-state index >= 15 is 0 Å². The molecular formula is C11H22N2. The van der Waals surface area contributed by atoms with Gasteiger partial charge in [0.2, 0.25) is 0 Å². The van der Waals surface area contributed by atoms with E-state index in [1.807, 2.05) is 0 Å². The average Bonchev–Trinajstić information content (AvgIpc) is 2.60. The van der Waals surface area contributed by atoms with Crippen LogP contribution in [-0.2, 0) is 0 Å². The smallest absolute Gasteiger partial charge is 0.0239 e. The summed E-state index contributed by atoms with van der Waals surface area (Å²) in [6.07, 6.45) is 1.43. The van der Waals surface area contributed by atoms with Gasteiger partial charge in [0.15, 0.2) is 0 Å². The average molecular weight is 182 g/mol. The molecule has 0 aromatic rings. The van der Waals surface area contributed by atoms with Crippen LogP contribution in [0.4, 0.5) is 0 Å². The molecule has 2 fully saturated rings. The minimum atomic E-state index is 0.828. The molecule has 2 bridgehead atoms. The minimum Gasteiger partial charge on any atom is -0.298 e. The first kappa shape index (κ1) is 9.47. The first-order chi connectivity index (χ1) is 6.20. The first-order valence-corrected chi connectivity index (χ1v) is 5.68. The Balaban J connectivity index is 1.88. The van der Waals surface area contributed by atoms with Crippen molar-refractivity contribution < 1.29 is 0 Å². The number of likely N-dealkylation sites (N-methyl/N-ethyl adjacent to an activating group) is 1. The van der Waals surface area contributed by atoms with Crippen LogP contribution in [0.3, 0.4) is 0 Å². The van der Waals surface area contributed by atoms with E-state index in [1.165, 1.54) is 32.6 Å². The van der Waals surface area contributed by atoms with Crippen LogP contribution in [0.15, 0.2) is 0 Å². The number of nitrogens with zero attached hydrogens (tertiary/aromatic N) is 2. The van der Waals surface area contributed by atoms with Crippen molar-refractivity contribution in [1.82, 2.24) is 9.80 Å². The van der Waals surface area contributed by atoms with Gasteiger partial charge in [0.1, 0.15) is 0 Å². The Hall–Kier alpha value is -0.0800. The van der Waals surface area contributed by atoms with Crippen molar-refractivity contribution >= 4 is 0 Å². The van der Waals surface area contributed by atoms with Gasteiger partial charge in [-0.3, -0.25) is 9.80 Å². The fourth-order valence-electron chi connectivity index (χ4n) is 2.91. The topological polar surface area (TPSA) is 6.48 Å². The number of hydrogen-bond acceptors (Lipinski definition) is 2. The first-order valence-electron chi connectivity index (χ1n) is 5.68. The lowest BCUT2D eigenvalue weighted by molar-refractivity contribution is 0.122. The molecule has 0 unspecified atom stereocenters. The highest BCUT2D eigenvalue weighted by atomic mass is 15.3. The van der Waals surface area contributed by atoms with Crippen molar-refractivity contribution in [3.63, 3.8) is 0 Å². The van der Waals surface area contributed by atoms with Gasteiger partial charge in [-0.05, 0) is 18.9 Å². The van der Waals surface area contributed by atoms with E-state index < -0.39 is 0 Å². The van der Waals surface area contributed by atoms with Crippen molar-refractivity contribution in [2.75, 3.05) is 26.2 Å². The van der Waals surface area contributed by atoms with Crippen molar-refractivity contribution in [3.8, 4) is 0 Å². The highest BCUT2D eigenvalue weighted by Gasteiger charge is 2.41. The van der Waals surface area contributed by atoms with E-state index in [9.17, 15) is 0 Å². The molecule has 2 rings (SSSR count). The van der Waals surface area contributed by atoms with Crippen LogP contribution in [-0.4, -0.2) is 48.1 Å². The molecule has 2 aliphatic rings. The largest absolute Gasteiger partial charge is 0.298 e. The van der Waals surface area contributed by atoms with E-state index in [1.54, 1.807) is 0 Å². The maximum absolute atomic E-state index is 2.70. The summed E-state index contributed by atoms with van der Waals surface area (Å²) in [7, 11) is 0. The predicted molar refractivity (Wildman–Crippen MR) is 55.9 cm³/mol. The molecule has 0 N–H and O–H groups in total. The van der Waals surface area contributed by atoms with E-state index in [2.05, 4.69) is 30.6 Å². The number of rotatable bonds is 3. The van der Waals surface area contributed by atoms with Gasteiger partial charge >= 0.3 is 0 Å². The van der Waals surface area contributed by atoms with Crippen molar-refractivity contribution in [2.24, 2.45) is 5.92 Å². The molecule has 76 valence electrons. The van der Waals surface area contributed by atoms with Gasteiger partial charge in [0.05, 0.1) is 0 Å². The lowest BCUT2D eigenvalue weighted by Gasteiger charge is -2.34. The number of fused-ring (bicyclic) bond motifs is 2. The zero-order chi connectivity index (χ0) is 9.42. The lowest BCUT2D eigenvalue weighted by atomic mass is 10.2. The minimum absolute atomic E-state index is 0.828. The van der Waals surface area contributed by atoms with Crippen molar-refractivity contribution in [3.05, 3.63) is 0 Å². The lowest BCUT2D eigenvalue weighted by Crippen LogP contribution is -2.47. The summed E-state index contributed by atoms with van der Waals surface area (Å²) < 4.78 is 0. The standard InChI is InChI=1S/C11H22N2/c1-4-12-7-11-5-10(12)8-13(11)6-9(2)3/h9-11H,4-8H2,1-3H3/t10-,11-/m0/s1. The highest BCUT2D eigenvalue weighted by Crippen LogP contribution is 2.30. The molecule has 2 atom stereocenters. The molecule has 2 aliphatic heterocycles. The predicted octanol–water partition coefficient (Wildman–Crippen LogP) is 1.42. The molecule has 2 heterocycles. The third kappa shape index (κ3) is 1.75. The molecule has 2 saturated heterocycles. The molecule has 0 saturated carbocycles. The molecule has 0 aromatic carbocycles. The quantitative estimate of drug-likeness (QED) is 0.651. The van der Waals surface area contributed by atoms with Gasteiger partial charge in [0.25, 0.3) is 0 Å². The molecule has 0 aromatic heterocycles. The third-order valence-electron chi connectivity index (χ3n) is 3.47. The van der Waals surface area contributed by atoms with Crippen molar-refractivity contribution in [2.45, 2.75) is 39.3 Å². The Bertz CT molecular complexity index is 179. The Morgan fingerprint density at radius 2 is 1.77 bits per heavy atom. The van der Waals surface area contributed by atoms with E-state index in [-0.39, 0.29) is 0 Å². The van der Waals surface area contributed by atoms with Crippen molar-refractivity contribution in [1.29, 1.82) is 0 Å². The zero-order valence-corrected chi connectivity index (χ0v) is 9.16. The summed E-state index contributed by atoms with van der Waals surface area (Å²) >= 11 is 0. The van der Waals surface area contributed by atoms with E-state index in [4.69, 9.17) is 0 Å². The number of likely N-dealkylation sites (tertiary alicyclic amines) is 2.